The zero-order chi connectivity index (χ0) is 9.84. The van der Waals surface area contributed by atoms with Gasteiger partial charge in [0.25, 0.3) is 0 Å². The van der Waals surface area contributed by atoms with Crippen molar-refractivity contribution in [1.29, 1.82) is 0 Å². The maximum atomic E-state index is 12.9. The molecule has 0 aliphatic carbocycles. The molecule has 0 saturated heterocycles. The summed E-state index contributed by atoms with van der Waals surface area (Å²) in [6, 6.07) is 1.60. The topological polar surface area (TPSA) is 50.2 Å². The summed E-state index contributed by atoms with van der Waals surface area (Å²) < 4.78 is 13.6. The molecule has 0 aliphatic heterocycles. The van der Waals surface area contributed by atoms with E-state index < -0.39 is 11.9 Å². The lowest BCUT2D eigenvalue weighted by Gasteiger charge is -1.97. The van der Waals surface area contributed by atoms with Gasteiger partial charge in [-0.2, -0.15) is 4.39 Å². The van der Waals surface area contributed by atoms with Gasteiger partial charge in [-0.15, -0.1) is 0 Å². The third kappa shape index (κ3) is 2.76. The fourth-order valence-corrected chi connectivity index (χ4v) is 1.29. The normalized spacial score (nSPS) is 10.6. The van der Waals surface area contributed by atoms with Gasteiger partial charge >= 0.3 is 5.97 Å². The first-order chi connectivity index (χ1) is 6.11. The molecule has 1 aromatic rings. The summed E-state index contributed by atoms with van der Waals surface area (Å²) in [6.07, 6.45) is 3.39. The van der Waals surface area contributed by atoms with Gasteiger partial charge in [-0.3, -0.25) is 0 Å². The average Bonchev–Trinajstić information content (AvgIpc) is 2.03. The van der Waals surface area contributed by atoms with Crippen LogP contribution in [0.15, 0.2) is 18.3 Å². The highest BCUT2D eigenvalue weighted by Gasteiger charge is 2.03. The zero-order valence-electron chi connectivity index (χ0n) is 6.37. The average molecular weight is 293 g/mol. The first kappa shape index (κ1) is 10.1. The summed E-state index contributed by atoms with van der Waals surface area (Å²) in [6.45, 7) is 0. The molecule has 1 rings (SSSR count). The van der Waals surface area contributed by atoms with E-state index in [0.29, 0.717) is 3.57 Å². The molecule has 1 heterocycles. The Hall–Kier alpha value is -0.980. The van der Waals surface area contributed by atoms with E-state index in [-0.39, 0.29) is 5.56 Å². The van der Waals surface area contributed by atoms with Crippen molar-refractivity contribution in [3.05, 3.63) is 33.4 Å². The van der Waals surface area contributed by atoms with Crippen LogP contribution in [0.3, 0.4) is 0 Å². The van der Waals surface area contributed by atoms with E-state index in [1.807, 2.05) is 22.6 Å². The molecular formula is C8H5FINO2. The first-order valence-electron chi connectivity index (χ1n) is 3.32. The standard InChI is InChI=1S/C8H5FINO2/c9-8-5(1-2-7(12)13)6(10)3-4-11-8/h1-4H,(H,12,13)/b2-1+. The molecule has 68 valence electrons. The number of rotatable bonds is 2. The van der Waals surface area contributed by atoms with Gasteiger partial charge in [-0.1, -0.05) is 0 Å². The molecule has 13 heavy (non-hydrogen) atoms. The highest BCUT2D eigenvalue weighted by Crippen LogP contribution is 2.15. The smallest absolute Gasteiger partial charge is 0.328 e. The van der Waals surface area contributed by atoms with Gasteiger partial charge in [0.15, 0.2) is 0 Å². The fraction of sp³-hybridized carbons (Fsp3) is 0. The van der Waals surface area contributed by atoms with Crippen molar-refractivity contribution in [2.45, 2.75) is 0 Å². The summed E-state index contributed by atoms with van der Waals surface area (Å²) >= 11 is 1.91. The monoisotopic (exact) mass is 293 g/mol. The van der Waals surface area contributed by atoms with E-state index in [1.54, 1.807) is 6.07 Å². The van der Waals surface area contributed by atoms with Gasteiger partial charge in [0.2, 0.25) is 5.95 Å². The second-order valence-corrected chi connectivity index (χ2v) is 3.33. The second-order valence-electron chi connectivity index (χ2n) is 2.17. The molecule has 0 spiro atoms. The van der Waals surface area contributed by atoms with Crippen LogP contribution in [0, 0.1) is 9.52 Å². The molecule has 0 fully saturated rings. The van der Waals surface area contributed by atoms with Crippen molar-refractivity contribution >= 4 is 34.6 Å². The molecule has 3 nitrogen and oxygen atoms in total. The number of aromatic nitrogens is 1. The van der Waals surface area contributed by atoms with E-state index in [9.17, 15) is 9.18 Å². The summed E-state index contributed by atoms with van der Waals surface area (Å²) in [7, 11) is 0. The Labute approximate surface area is 87.4 Å². The summed E-state index contributed by atoms with van der Waals surface area (Å²) in [5.41, 5.74) is 0.200. The molecule has 1 N–H and O–H groups in total. The molecule has 0 unspecified atom stereocenters. The van der Waals surface area contributed by atoms with Crippen LogP contribution in [0.25, 0.3) is 6.08 Å². The van der Waals surface area contributed by atoms with Crippen molar-refractivity contribution in [2.24, 2.45) is 0 Å². The van der Waals surface area contributed by atoms with Gasteiger partial charge in [-0.25, -0.2) is 9.78 Å². The predicted octanol–water partition coefficient (Wildman–Crippen LogP) is 1.92. The van der Waals surface area contributed by atoms with Gasteiger partial charge in [0.1, 0.15) is 0 Å². The number of carbonyl (C=O) groups is 1. The SMILES string of the molecule is O=C(O)/C=C/c1c(I)ccnc1F. The highest BCUT2D eigenvalue weighted by atomic mass is 127. The number of carboxylic acid groups (broad SMARTS) is 1. The van der Waals surface area contributed by atoms with Crippen molar-refractivity contribution in [3.8, 4) is 0 Å². The minimum absolute atomic E-state index is 0.200. The lowest BCUT2D eigenvalue weighted by molar-refractivity contribution is -0.131. The molecular weight excluding hydrogens is 288 g/mol. The Morgan fingerprint density at radius 3 is 2.92 bits per heavy atom. The number of hydrogen-bond acceptors (Lipinski definition) is 2. The molecule has 0 aromatic carbocycles. The number of aliphatic carboxylic acids is 1. The van der Waals surface area contributed by atoms with Crippen LogP contribution >= 0.6 is 22.6 Å². The Morgan fingerprint density at radius 2 is 2.38 bits per heavy atom. The van der Waals surface area contributed by atoms with Gasteiger partial charge in [0.05, 0.1) is 0 Å². The number of pyridine rings is 1. The van der Waals surface area contributed by atoms with E-state index in [2.05, 4.69) is 4.98 Å². The lowest BCUT2D eigenvalue weighted by Crippen LogP contribution is -1.92. The highest BCUT2D eigenvalue weighted by molar-refractivity contribution is 14.1. The van der Waals surface area contributed by atoms with E-state index in [1.165, 1.54) is 12.3 Å². The molecule has 0 bridgehead atoms. The lowest BCUT2D eigenvalue weighted by atomic mass is 10.2. The van der Waals surface area contributed by atoms with Gasteiger partial charge in [-0.05, 0) is 34.7 Å². The Balaban J connectivity index is 3.06. The Bertz CT molecular complexity index is 345. The van der Waals surface area contributed by atoms with E-state index in [0.717, 1.165) is 6.08 Å². The number of carboxylic acids is 1. The van der Waals surface area contributed by atoms with E-state index >= 15 is 0 Å². The summed E-state index contributed by atoms with van der Waals surface area (Å²) in [5, 5.41) is 8.32. The van der Waals surface area contributed by atoms with Crippen LogP contribution in [-0.4, -0.2) is 16.1 Å². The zero-order valence-corrected chi connectivity index (χ0v) is 8.53. The molecule has 1 aromatic heterocycles. The second kappa shape index (κ2) is 4.31. The molecule has 0 amide bonds. The van der Waals surface area contributed by atoms with Gasteiger partial charge < -0.3 is 5.11 Å². The maximum absolute atomic E-state index is 12.9. The largest absolute Gasteiger partial charge is 0.478 e. The first-order valence-corrected chi connectivity index (χ1v) is 4.40. The third-order valence-corrected chi connectivity index (χ3v) is 2.22. The van der Waals surface area contributed by atoms with Crippen LogP contribution < -0.4 is 0 Å². The van der Waals surface area contributed by atoms with E-state index in [4.69, 9.17) is 5.11 Å². The Kier molecular flexibility index (Phi) is 3.35. The number of hydrogen-bond donors (Lipinski definition) is 1. The summed E-state index contributed by atoms with van der Waals surface area (Å²) in [5.74, 6) is -1.77. The molecule has 0 atom stereocenters. The maximum Gasteiger partial charge on any atom is 0.328 e. The van der Waals surface area contributed by atoms with Crippen molar-refractivity contribution in [1.82, 2.24) is 4.98 Å². The summed E-state index contributed by atoms with van der Waals surface area (Å²) in [4.78, 5) is 13.6. The van der Waals surface area contributed by atoms with Crippen molar-refractivity contribution in [3.63, 3.8) is 0 Å². The van der Waals surface area contributed by atoms with Crippen molar-refractivity contribution in [2.75, 3.05) is 0 Å². The van der Waals surface area contributed by atoms with Crippen LogP contribution in [-0.2, 0) is 4.79 Å². The van der Waals surface area contributed by atoms with Gasteiger partial charge in [0, 0.05) is 21.4 Å². The predicted molar refractivity (Wildman–Crippen MR) is 53.6 cm³/mol. The van der Waals surface area contributed by atoms with Crippen LogP contribution in [0.1, 0.15) is 5.56 Å². The molecule has 0 radical (unpaired) electrons. The van der Waals surface area contributed by atoms with Crippen molar-refractivity contribution < 1.29 is 14.3 Å². The minimum Gasteiger partial charge on any atom is -0.478 e. The van der Waals surface area contributed by atoms with Crippen LogP contribution in [0.5, 0.6) is 0 Å². The van der Waals surface area contributed by atoms with Crippen LogP contribution in [0.4, 0.5) is 4.39 Å². The fourth-order valence-electron chi connectivity index (χ4n) is 0.729. The molecule has 5 heteroatoms. The Morgan fingerprint density at radius 1 is 1.69 bits per heavy atom. The minimum atomic E-state index is -1.11. The van der Waals surface area contributed by atoms with Crippen LogP contribution in [0.2, 0.25) is 0 Å². The third-order valence-electron chi connectivity index (χ3n) is 1.28. The quantitative estimate of drug-likeness (QED) is 0.515. The number of halogens is 2. The number of nitrogens with zero attached hydrogens (tertiary/aromatic N) is 1. The molecule has 0 saturated carbocycles. The molecule has 0 aliphatic rings.